The van der Waals surface area contributed by atoms with Gasteiger partial charge in [-0.05, 0) is 49.4 Å². The average Bonchev–Trinajstić information content (AvgIpc) is 3.15. The zero-order valence-electron chi connectivity index (χ0n) is 13.4. The van der Waals surface area contributed by atoms with Crippen LogP contribution >= 0.6 is 0 Å². The lowest BCUT2D eigenvalue weighted by Crippen LogP contribution is -2.34. The topological polar surface area (TPSA) is 56.1 Å². The maximum absolute atomic E-state index is 11.5. The molecule has 1 aromatic carbocycles. The van der Waals surface area contributed by atoms with Crippen LogP contribution in [0.1, 0.15) is 31.2 Å². The smallest absolute Gasteiger partial charge is 0.308 e. The molecule has 0 unspecified atom stereocenters. The van der Waals surface area contributed by atoms with Gasteiger partial charge in [-0.3, -0.25) is 4.79 Å². The Balaban J connectivity index is 1.47. The van der Waals surface area contributed by atoms with Gasteiger partial charge in [-0.1, -0.05) is 12.1 Å². The quantitative estimate of drug-likeness (QED) is 0.862. The lowest BCUT2D eigenvalue weighted by molar-refractivity contribution is -0.146. The van der Waals surface area contributed by atoms with Crippen molar-refractivity contribution in [3.05, 3.63) is 48.3 Å². The number of hydrogen-bond acceptors (Lipinski definition) is 4. The fourth-order valence-electron chi connectivity index (χ4n) is 3.15. The Morgan fingerprint density at radius 1 is 1.26 bits per heavy atom. The Kier molecular flexibility index (Phi) is 5.08. The second kappa shape index (κ2) is 7.42. The van der Waals surface area contributed by atoms with Crippen molar-refractivity contribution in [1.82, 2.24) is 15.1 Å². The van der Waals surface area contributed by atoms with Crippen LogP contribution in [0.15, 0.2) is 42.7 Å². The number of aromatic nitrogens is 2. The van der Waals surface area contributed by atoms with Gasteiger partial charge >= 0.3 is 5.97 Å². The van der Waals surface area contributed by atoms with Crippen LogP contribution in [0.25, 0.3) is 5.69 Å². The predicted molar refractivity (Wildman–Crippen MR) is 88.2 cm³/mol. The zero-order valence-corrected chi connectivity index (χ0v) is 13.4. The second-order valence-electron chi connectivity index (χ2n) is 6.07. The molecule has 0 radical (unpaired) electrons. The highest BCUT2D eigenvalue weighted by Crippen LogP contribution is 2.25. The van der Waals surface area contributed by atoms with Crippen molar-refractivity contribution in [1.29, 1.82) is 0 Å². The third-order valence-corrected chi connectivity index (χ3v) is 4.56. The first-order valence-electron chi connectivity index (χ1n) is 8.16. The van der Waals surface area contributed by atoms with E-state index in [1.807, 2.05) is 16.9 Å². The molecule has 1 aliphatic carbocycles. The van der Waals surface area contributed by atoms with Crippen molar-refractivity contribution >= 4 is 5.97 Å². The van der Waals surface area contributed by atoms with E-state index in [-0.39, 0.29) is 11.9 Å². The van der Waals surface area contributed by atoms with Gasteiger partial charge in [0.15, 0.2) is 0 Å². The van der Waals surface area contributed by atoms with Crippen molar-refractivity contribution in [2.75, 3.05) is 7.11 Å². The summed E-state index contributed by atoms with van der Waals surface area (Å²) >= 11 is 0. The zero-order chi connectivity index (χ0) is 16.1. The largest absolute Gasteiger partial charge is 0.469 e. The van der Waals surface area contributed by atoms with Crippen LogP contribution in [0, 0.1) is 5.92 Å². The molecular formula is C18H23N3O2. The molecule has 1 fully saturated rings. The van der Waals surface area contributed by atoms with Gasteiger partial charge in [0.25, 0.3) is 0 Å². The Bertz CT molecular complexity index is 614. The molecule has 1 heterocycles. The van der Waals surface area contributed by atoms with Crippen molar-refractivity contribution < 1.29 is 9.53 Å². The molecule has 1 saturated carbocycles. The Morgan fingerprint density at radius 2 is 2.00 bits per heavy atom. The number of methoxy groups -OCH3 is 1. The normalized spacial score (nSPS) is 21.1. The molecule has 2 aromatic rings. The summed E-state index contributed by atoms with van der Waals surface area (Å²) in [7, 11) is 1.47. The highest BCUT2D eigenvalue weighted by atomic mass is 16.5. The number of hydrogen-bond donors (Lipinski definition) is 1. The van der Waals surface area contributed by atoms with Gasteiger partial charge in [-0.25, -0.2) is 4.68 Å². The number of carbonyl (C=O) groups is 1. The molecule has 5 nitrogen and oxygen atoms in total. The molecule has 0 bridgehead atoms. The number of ether oxygens (including phenoxy) is 1. The molecule has 0 amide bonds. The van der Waals surface area contributed by atoms with Crippen molar-refractivity contribution in [3.8, 4) is 5.69 Å². The molecule has 1 N–H and O–H groups in total. The summed E-state index contributed by atoms with van der Waals surface area (Å²) in [6.07, 6.45) is 7.62. The van der Waals surface area contributed by atoms with E-state index in [0.29, 0.717) is 6.04 Å². The molecular weight excluding hydrogens is 290 g/mol. The van der Waals surface area contributed by atoms with Gasteiger partial charge in [0.1, 0.15) is 0 Å². The van der Waals surface area contributed by atoms with Crippen LogP contribution in [0.3, 0.4) is 0 Å². The summed E-state index contributed by atoms with van der Waals surface area (Å²) < 4.78 is 6.68. The average molecular weight is 313 g/mol. The van der Waals surface area contributed by atoms with E-state index in [1.54, 1.807) is 6.20 Å². The van der Waals surface area contributed by atoms with E-state index >= 15 is 0 Å². The van der Waals surface area contributed by atoms with Crippen molar-refractivity contribution in [2.24, 2.45) is 5.92 Å². The predicted octanol–water partition coefficient (Wildman–Crippen LogP) is 2.69. The first-order chi connectivity index (χ1) is 11.3. The Hall–Kier alpha value is -2.14. The second-order valence-corrected chi connectivity index (χ2v) is 6.07. The molecule has 5 heteroatoms. The van der Waals surface area contributed by atoms with Crippen LogP contribution in [0.5, 0.6) is 0 Å². The summed E-state index contributed by atoms with van der Waals surface area (Å²) in [5.74, 6) is 0.0315. The molecule has 0 atom stereocenters. The maximum atomic E-state index is 11.5. The van der Waals surface area contributed by atoms with Crippen molar-refractivity contribution in [2.45, 2.75) is 38.3 Å². The summed E-state index contributed by atoms with van der Waals surface area (Å²) in [4.78, 5) is 11.5. The first-order valence-corrected chi connectivity index (χ1v) is 8.16. The molecule has 23 heavy (non-hydrogen) atoms. The van der Waals surface area contributed by atoms with E-state index in [2.05, 4.69) is 34.7 Å². The number of rotatable bonds is 5. The molecule has 1 aromatic heterocycles. The Morgan fingerprint density at radius 3 is 2.61 bits per heavy atom. The lowest BCUT2D eigenvalue weighted by atomic mass is 9.86. The summed E-state index contributed by atoms with van der Waals surface area (Å²) in [6.45, 7) is 0.854. The minimum atomic E-state index is -0.0577. The number of carbonyl (C=O) groups excluding carboxylic acids is 1. The van der Waals surface area contributed by atoms with Gasteiger partial charge in [0.2, 0.25) is 0 Å². The van der Waals surface area contributed by atoms with Gasteiger partial charge in [0.05, 0.1) is 18.7 Å². The SMILES string of the molecule is COC(=O)C1CCC(NCc2ccc(-n3cccn3)cc2)CC1. The van der Waals surface area contributed by atoms with Gasteiger partial charge in [-0.15, -0.1) is 0 Å². The fourth-order valence-corrected chi connectivity index (χ4v) is 3.15. The number of nitrogens with zero attached hydrogens (tertiary/aromatic N) is 2. The highest BCUT2D eigenvalue weighted by molar-refractivity contribution is 5.72. The minimum Gasteiger partial charge on any atom is -0.469 e. The van der Waals surface area contributed by atoms with Gasteiger partial charge in [-0.2, -0.15) is 5.10 Å². The first kappa shape index (κ1) is 15.7. The summed E-state index contributed by atoms with van der Waals surface area (Å²) in [5, 5.41) is 7.82. The number of esters is 1. The fraction of sp³-hybridized carbons (Fsp3) is 0.444. The summed E-state index contributed by atoms with van der Waals surface area (Å²) in [6, 6.07) is 10.8. The molecule has 0 aliphatic heterocycles. The van der Waals surface area contributed by atoms with E-state index in [1.165, 1.54) is 12.7 Å². The third kappa shape index (κ3) is 3.99. The van der Waals surface area contributed by atoms with Crippen LogP contribution in [-0.4, -0.2) is 28.9 Å². The number of nitrogens with one attached hydrogen (secondary N) is 1. The number of benzene rings is 1. The molecule has 3 rings (SSSR count). The standard InChI is InChI=1S/C18H23N3O2/c1-23-18(22)15-5-7-16(8-6-15)19-13-14-3-9-17(10-4-14)21-12-2-11-20-21/h2-4,9-12,15-16,19H,5-8,13H2,1H3. The molecule has 0 spiro atoms. The lowest BCUT2D eigenvalue weighted by Gasteiger charge is -2.27. The Labute approximate surface area is 136 Å². The van der Waals surface area contributed by atoms with E-state index < -0.39 is 0 Å². The van der Waals surface area contributed by atoms with E-state index in [0.717, 1.165) is 37.9 Å². The third-order valence-electron chi connectivity index (χ3n) is 4.56. The van der Waals surface area contributed by atoms with Gasteiger partial charge < -0.3 is 10.1 Å². The van der Waals surface area contributed by atoms with E-state index in [4.69, 9.17) is 4.74 Å². The minimum absolute atomic E-state index is 0.0577. The monoisotopic (exact) mass is 313 g/mol. The molecule has 0 saturated heterocycles. The molecule has 122 valence electrons. The van der Waals surface area contributed by atoms with Gasteiger partial charge in [0, 0.05) is 25.0 Å². The van der Waals surface area contributed by atoms with Crippen LogP contribution < -0.4 is 5.32 Å². The highest BCUT2D eigenvalue weighted by Gasteiger charge is 2.26. The van der Waals surface area contributed by atoms with E-state index in [9.17, 15) is 4.79 Å². The summed E-state index contributed by atoms with van der Waals surface area (Å²) in [5.41, 5.74) is 2.33. The maximum Gasteiger partial charge on any atom is 0.308 e. The van der Waals surface area contributed by atoms with Crippen LogP contribution in [0.2, 0.25) is 0 Å². The van der Waals surface area contributed by atoms with Crippen LogP contribution in [0.4, 0.5) is 0 Å². The van der Waals surface area contributed by atoms with Crippen LogP contribution in [-0.2, 0) is 16.1 Å². The molecule has 1 aliphatic rings. The van der Waals surface area contributed by atoms with Crippen molar-refractivity contribution in [3.63, 3.8) is 0 Å².